The predicted molar refractivity (Wildman–Crippen MR) is 101 cm³/mol. The molecule has 0 aliphatic carbocycles. The number of aromatic hydroxyl groups is 1. The Bertz CT molecular complexity index is 385. The molecule has 0 radical (unpaired) electrons. The first-order valence-corrected chi connectivity index (χ1v) is 8.67. The van der Waals surface area contributed by atoms with Crippen LogP contribution in [0.3, 0.4) is 0 Å². The smallest absolute Gasteiger partial charge is 0.115 e. The summed E-state index contributed by atoms with van der Waals surface area (Å²) in [6, 6.07) is 7.58. The number of phenols is 1. The van der Waals surface area contributed by atoms with Crippen LogP contribution in [0, 0.1) is 5.92 Å². The molecule has 0 saturated carbocycles. The van der Waals surface area contributed by atoms with E-state index < -0.39 is 0 Å². The van der Waals surface area contributed by atoms with E-state index in [9.17, 15) is 0 Å². The average molecular weight is 319 g/mol. The number of rotatable bonds is 11. The van der Waals surface area contributed by atoms with Crippen molar-refractivity contribution >= 4 is 0 Å². The maximum Gasteiger partial charge on any atom is 0.115 e. The SMILES string of the molecule is C=CCOCC=C.CC(C)CCCCCCc1ccc(O)cc1. The fraction of sp³-hybridized carbons (Fsp3) is 0.524. The maximum absolute atomic E-state index is 9.15. The van der Waals surface area contributed by atoms with Crippen molar-refractivity contribution in [2.45, 2.75) is 52.4 Å². The molecule has 130 valence electrons. The molecule has 0 fully saturated rings. The van der Waals surface area contributed by atoms with Crippen molar-refractivity contribution in [3.05, 3.63) is 55.1 Å². The third-order valence-corrected chi connectivity index (χ3v) is 3.40. The van der Waals surface area contributed by atoms with E-state index in [2.05, 4.69) is 27.0 Å². The Balaban J connectivity index is 0.000000585. The molecule has 0 bridgehead atoms. The zero-order valence-electron chi connectivity index (χ0n) is 15.0. The molecule has 0 saturated heterocycles. The Hall–Kier alpha value is -1.54. The first-order chi connectivity index (χ1) is 11.1. The summed E-state index contributed by atoms with van der Waals surface area (Å²) in [6.45, 7) is 12.8. The summed E-state index contributed by atoms with van der Waals surface area (Å²) >= 11 is 0. The molecule has 0 unspecified atom stereocenters. The first-order valence-electron chi connectivity index (χ1n) is 8.67. The van der Waals surface area contributed by atoms with Gasteiger partial charge in [-0.1, -0.05) is 63.8 Å². The van der Waals surface area contributed by atoms with Gasteiger partial charge in [0, 0.05) is 0 Å². The van der Waals surface area contributed by atoms with E-state index in [4.69, 9.17) is 9.84 Å². The van der Waals surface area contributed by atoms with Gasteiger partial charge in [0.25, 0.3) is 0 Å². The van der Waals surface area contributed by atoms with E-state index in [0.717, 1.165) is 12.3 Å². The molecule has 0 heterocycles. The monoisotopic (exact) mass is 318 g/mol. The zero-order chi connectivity index (χ0) is 17.3. The van der Waals surface area contributed by atoms with Crippen molar-refractivity contribution in [3.8, 4) is 5.75 Å². The molecular formula is C21H34O2. The summed E-state index contributed by atoms with van der Waals surface area (Å²) in [5.74, 6) is 1.21. The quantitative estimate of drug-likeness (QED) is 0.405. The Morgan fingerprint density at radius 2 is 1.52 bits per heavy atom. The fourth-order valence-electron chi connectivity index (χ4n) is 2.13. The maximum atomic E-state index is 9.15. The van der Waals surface area contributed by atoms with Crippen LogP contribution in [0.5, 0.6) is 5.75 Å². The predicted octanol–water partition coefficient (Wildman–Crippen LogP) is 5.92. The number of benzene rings is 1. The van der Waals surface area contributed by atoms with Crippen LogP contribution in [0.2, 0.25) is 0 Å². The highest BCUT2D eigenvalue weighted by Crippen LogP contribution is 2.14. The van der Waals surface area contributed by atoms with E-state index in [1.54, 1.807) is 24.3 Å². The van der Waals surface area contributed by atoms with E-state index >= 15 is 0 Å². The third kappa shape index (κ3) is 15.1. The normalized spacial score (nSPS) is 10.0. The van der Waals surface area contributed by atoms with Crippen LogP contribution in [-0.2, 0) is 11.2 Å². The highest BCUT2D eigenvalue weighted by atomic mass is 16.5. The van der Waals surface area contributed by atoms with Crippen LogP contribution in [0.1, 0.15) is 51.5 Å². The van der Waals surface area contributed by atoms with Gasteiger partial charge in [-0.2, -0.15) is 0 Å². The Morgan fingerprint density at radius 1 is 0.957 bits per heavy atom. The molecule has 23 heavy (non-hydrogen) atoms. The molecule has 1 rings (SSSR count). The second-order valence-electron chi connectivity index (χ2n) is 6.13. The Morgan fingerprint density at radius 3 is 2.04 bits per heavy atom. The third-order valence-electron chi connectivity index (χ3n) is 3.40. The number of unbranched alkanes of at least 4 members (excludes halogenated alkanes) is 3. The lowest BCUT2D eigenvalue weighted by Gasteiger charge is -2.04. The minimum Gasteiger partial charge on any atom is -0.508 e. The number of hydrogen-bond donors (Lipinski definition) is 1. The van der Waals surface area contributed by atoms with Gasteiger partial charge in [0.15, 0.2) is 0 Å². The highest BCUT2D eigenvalue weighted by Gasteiger charge is 1.96. The van der Waals surface area contributed by atoms with Crippen molar-refractivity contribution in [1.82, 2.24) is 0 Å². The van der Waals surface area contributed by atoms with Crippen LogP contribution < -0.4 is 0 Å². The molecule has 1 aromatic carbocycles. The molecule has 2 nitrogen and oxygen atoms in total. The summed E-state index contributed by atoms with van der Waals surface area (Å²) in [5, 5.41) is 9.15. The lowest BCUT2D eigenvalue weighted by molar-refractivity contribution is 0.194. The molecular weight excluding hydrogens is 284 g/mol. The van der Waals surface area contributed by atoms with Crippen LogP contribution in [0.4, 0.5) is 0 Å². The summed E-state index contributed by atoms with van der Waals surface area (Å²) in [7, 11) is 0. The Labute approximate surface area is 142 Å². The van der Waals surface area contributed by atoms with Gasteiger partial charge in [-0.05, 0) is 36.5 Å². The van der Waals surface area contributed by atoms with Crippen LogP contribution in [0.25, 0.3) is 0 Å². The van der Waals surface area contributed by atoms with Gasteiger partial charge in [0.2, 0.25) is 0 Å². The van der Waals surface area contributed by atoms with Crippen molar-refractivity contribution < 1.29 is 9.84 Å². The van der Waals surface area contributed by atoms with Gasteiger partial charge < -0.3 is 9.84 Å². The molecule has 0 spiro atoms. The highest BCUT2D eigenvalue weighted by molar-refractivity contribution is 5.25. The minimum atomic E-state index is 0.362. The van der Waals surface area contributed by atoms with Crippen molar-refractivity contribution in [1.29, 1.82) is 0 Å². The molecule has 0 aliphatic rings. The van der Waals surface area contributed by atoms with Crippen LogP contribution in [-0.4, -0.2) is 18.3 Å². The molecule has 2 heteroatoms. The van der Waals surface area contributed by atoms with Crippen molar-refractivity contribution in [3.63, 3.8) is 0 Å². The van der Waals surface area contributed by atoms with Crippen molar-refractivity contribution in [2.24, 2.45) is 5.92 Å². The van der Waals surface area contributed by atoms with E-state index in [1.807, 2.05) is 12.1 Å². The molecule has 0 amide bonds. The van der Waals surface area contributed by atoms with Crippen LogP contribution >= 0.6 is 0 Å². The molecule has 1 aromatic rings. The minimum absolute atomic E-state index is 0.362. The number of ether oxygens (including phenoxy) is 1. The summed E-state index contributed by atoms with van der Waals surface area (Å²) in [6.07, 6.45) is 11.2. The van der Waals surface area contributed by atoms with Gasteiger partial charge in [-0.25, -0.2) is 0 Å². The topological polar surface area (TPSA) is 29.5 Å². The number of hydrogen-bond acceptors (Lipinski definition) is 2. The van der Waals surface area contributed by atoms with Gasteiger partial charge in [0.05, 0.1) is 13.2 Å². The zero-order valence-corrected chi connectivity index (χ0v) is 15.0. The molecule has 1 N–H and O–H groups in total. The summed E-state index contributed by atoms with van der Waals surface area (Å²) in [4.78, 5) is 0. The van der Waals surface area contributed by atoms with E-state index in [0.29, 0.717) is 19.0 Å². The van der Waals surface area contributed by atoms with Gasteiger partial charge in [-0.15, -0.1) is 13.2 Å². The fourth-order valence-corrected chi connectivity index (χ4v) is 2.13. The Kier molecular flexibility index (Phi) is 14.3. The van der Waals surface area contributed by atoms with Crippen LogP contribution in [0.15, 0.2) is 49.6 Å². The molecule has 0 aliphatic heterocycles. The average Bonchev–Trinajstić information content (AvgIpc) is 2.53. The van der Waals surface area contributed by atoms with Crippen molar-refractivity contribution in [2.75, 3.05) is 13.2 Å². The number of phenolic OH excluding ortho intramolecular Hbond substituents is 1. The summed E-state index contributed by atoms with van der Waals surface area (Å²) < 4.78 is 4.90. The van der Waals surface area contributed by atoms with E-state index in [1.165, 1.54) is 37.7 Å². The van der Waals surface area contributed by atoms with Gasteiger partial charge in [-0.3, -0.25) is 0 Å². The van der Waals surface area contributed by atoms with Gasteiger partial charge >= 0.3 is 0 Å². The second-order valence-corrected chi connectivity index (χ2v) is 6.13. The molecule has 0 aromatic heterocycles. The lowest BCUT2D eigenvalue weighted by Crippen LogP contribution is -1.89. The second kappa shape index (κ2) is 15.4. The van der Waals surface area contributed by atoms with E-state index in [-0.39, 0.29) is 0 Å². The molecule has 0 atom stereocenters. The van der Waals surface area contributed by atoms with Gasteiger partial charge in [0.1, 0.15) is 5.75 Å². The standard InChI is InChI=1S/C15H24O.C6H10O/c1-13(2)7-5-3-4-6-8-14-9-11-15(16)12-10-14;1-3-5-7-6-4-2/h9-13,16H,3-8H2,1-2H3;3-4H,1-2,5-6H2. The number of aryl methyl sites for hydroxylation is 1. The first kappa shape index (κ1) is 21.5. The summed E-state index contributed by atoms with van der Waals surface area (Å²) in [5.41, 5.74) is 1.33. The largest absolute Gasteiger partial charge is 0.508 e. The lowest BCUT2D eigenvalue weighted by atomic mass is 10.0.